The minimum Gasteiger partial charge on any atom is -0.497 e. The van der Waals surface area contributed by atoms with Gasteiger partial charge in [0.25, 0.3) is 5.19 Å². The first-order valence-electron chi connectivity index (χ1n) is 6.17. The maximum atomic E-state index is 5.94. The molecule has 104 valence electrons. The first-order chi connectivity index (χ1) is 8.85. The Morgan fingerprint density at radius 3 is 2.84 bits per heavy atom. The van der Waals surface area contributed by atoms with E-state index in [1.807, 2.05) is 18.2 Å². The van der Waals surface area contributed by atoms with Crippen molar-refractivity contribution in [3.63, 3.8) is 0 Å². The molecule has 2 heterocycles. The average molecular weight is 301 g/mol. The second-order valence-corrected chi connectivity index (χ2v) is 5.37. The van der Waals surface area contributed by atoms with Crippen molar-refractivity contribution in [3.8, 4) is 10.9 Å². The van der Waals surface area contributed by atoms with Gasteiger partial charge in [-0.3, -0.25) is 0 Å². The molecule has 0 unspecified atom stereocenters. The largest absolute Gasteiger partial charge is 0.497 e. The van der Waals surface area contributed by atoms with Crippen molar-refractivity contribution < 1.29 is 9.47 Å². The predicted molar refractivity (Wildman–Crippen MR) is 79.9 cm³/mol. The number of halogens is 1. The molecule has 1 saturated heterocycles. The highest BCUT2D eigenvalue weighted by molar-refractivity contribution is 7.20. The quantitative estimate of drug-likeness (QED) is 0.946. The van der Waals surface area contributed by atoms with Crippen LogP contribution in [0.25, 0.3) is 10.2 Å². The average Bonchev–Trinajstić information content (AvgIpc) is 2.80. The molecule has 0 radical (unpaired) electrons. The molecule has 0 saturated carbocycles. The maximum absolute atomic E-state index is 5.94. The Bertz CT molecular complexity index is 540. The molecule has 4 nitrogen and oxygen atoms in total. The summed E-state index contributed by atoms with van der Waals surface area (Å²) >= 11 is 1.60. The lowest BCUT2D eigenvalue weighted by molar-refractivity contribution is 0.162. The lowest BCUT2D eigenvalue weighted by Crippen LogP contribution is -2.34. The molecule has 0 bridgehead atoms. The number of nitrogens with one attached hydrogen (secondary N) is 1. The van der Waals surface area contributed by atoms with Gasteiger partial charge in [0.05, 0.1) is 17.3 Å². The van der Waals surface area contributed by atoms with Crippen molar-refractivity contribution in [2.75, 3.05) is 20.2 Å². The third-order valence-electron chi connectivity index (χ3n) is 3.13. The summed E-state index contributed by atoms with van der Waals surface area (Å²) in [5.41, 5.74) is 0.947. The molecule has 1 aromatic heterocycles. The number of nitrogens with zero attached hydrogens (tertiary/aromatic N) is 1. The van der Waals surface area contributed by atoms with Crippen LogP contribution in [0.1, 0.15) is 12.8 Å². The van der Waals surface area contributed by atoms with Crippen LogP contribution >= 0.6 is 23.7 Å². The van der Waals surface area contributed by atoms with E-state index in [1.165, 1.54) is 0 Å². The number of methoxy groups -OCH3 is 1. The van der Waals surface area contributed by atoms with Crippen LogP contribution in [0.5, 0.6) is 10.9 Å². The van der Waals surface area contributed by atoms with Crippen molar-refractivity contribution in [1.29, 1.82) is 0 Å². The van der Waals surface area contributed by atoms with E-state index >= 15 is 0 Å². The lowest BCUT2D eigenvalue weighted by Gasteiger charge is -2.22. The summed E-state index contributed by atoms with van der Waals surface area (Å²) in [7, 11) is 1.67. The molecule has 19 heavy (non-hydrogen) atoms. The number of thiazole rings is 1. The van der Waals surface area contributed by atoms with E-state index in [0.29, 0.717) is 6.10 Å². The topological polar surface area (TPSA) is 43.4 Å². The van der Waals surface area contributed by atoms with Crippen LogP contribution in [0.3, 0.4) is 0 Å². The van der Waals surface area contributed by atoms with Crippen LogP contribution in [0, 0.1) is 0 Å². The minimum atomic E-state index is 0. The summed E-state index contributed by atoms with van der Waals surface area (Å²) in [6.45, 7) is 2.06. The molecule has 6 heteroatoms. The molecule has 0 atom stereocenters. The van der Waals surface area contributed by atoms with Gasteiger partial charge < -0.3 is 14.8 Å². The summed E-state index contributed by atoms with van der Waals surface area (Å²) < 4.78 is 12.3. The fraction of sp³-hybridized carbons (Fsp3) is 0.462. The number of rotatable bonds is 3. The maximum Gasteiger partial charge on any atom is 0.274 e. The number of ether oxygens (including phenoxy) is 2. The number of hydrogen-bond donors (Lipinski definition) is 1. The molecule has 1 fully saturated rings. The van der Waals surface area contributed by atoms with Gasteiger partial charge in [0, 0.05) is 6.07 Å². The molecule has 3 rings (SSSR count). The number of fused-ring (bicyclic) bond motifs is 1. The standard InChI is InChI=1S/C13H16N2O2S.ClH/c1-16-10-2-3-12-11(8-10)15-13(18-12)17-9-4-6-14-7-5-9;/h2-3,8-9,14H,4-7H2,1H3;1H. The lowest BCUT2D eigenvalue weighted by atomic mass is 10.1. The van der Waals surface area contributed by atoms with E-state index in [1.54, 1.807) is 18.4 Å². The van der Waals surface area contributed by atoms with Gasteiger partial charge in [-0.25, -0.2) is 4.98 Å². The minimum absolute atomic E-state index is 0. The molecule has 2 aromatic rings. The Morgan fingerprint density at radius 1 is 1.32 bits per heavy atom. The molecular weight excluding hydrogens is 284 g/mol. The van der Waals surface area contributed by atoms with E-state index in [9.17, 15) is 0 Å². The number of aromatic nitrogens is 1. The van der Waals surface area contributed by atoms with Gasteiger partial charge in [-0.2, -0.15) is 0 Å². The highest BCUT2D eigenvalue weighted by Crippen LogP contribution is 2.31. The molecule has 1 N–H and O–H groups in total. The zero-order chi connectivity index (χ0) is 12.4. The molecule has 0 aliphatic carbocycles. The molecule has 1 aliphatic heterocycles. The molecule has 1 aromatic carbocycles. The fourth-order valence-electron chi connectivity index (χ4n) is 2.12. The van der Waals surface area contributed by atoms with Crippen LogP contribution in [-0.4, -0.2) is 31.3 Å². The van der Waals surface area contributed by atoms with Crippen molar-refractivity contribution in [1.82, 2.24) is 10.3 Å². The van der Waals surface area contributed by atoms with Crippen LogP contribution in [0.15, 0.2) is 18.2 Å². The van der Waals surface area contributed by atoms with Gasteiger partial charge in [-0.1, -0.05) is 11.3 Å². The number of piperidine rings is 1. The van der Waals surface area contributed by atoms with Crippen molar-refractivity contribution >= 4 is 34.0 Å². The van der Waals surface area contributed by atoms with Gasteiger partial charge in [0.15, 0.2) is 0 Å². The van der Waals surface area contributed by atoms with Gasteiger partial charge in [-0.15, -0.1) is 12.4 Å². The summed E-state index contributed by atoms with van der Waals surface area (Å²) in [4.78, 5) is 4.51. The van der Waals surface area contributed by atoms with Gasteiger partial charge in [-0.05, 0) is 38.1 Å². The summed E-state index contributed by atoms with van der Waals surface area (Å²) in [6, 6.07) is 5.93. The Morgan fingerprint density at radius 2 is 2.11 bits per heavy atom. The molecule has 0 spiro atoms. The van der Waals surface area contributed by atoms with Crippen molar-refractivity contribution in [2.45, 2.75) is 18.9 Å². The second-order valence-electron chi connectivity index (χ2n) is 4.38. The first kappa shape index (κ1) is 14.4. The van der Waals surface area contributed by atoms with Crippen molar-refractivity contribution in [2.24, 2.45) is 0 Å². The van der Waals surface area contributed by atoms with Crippen LogP contribution in [-0.2, 0) is 0 Å². The summed E-state index contributed by atoms with van der Waals surface area (Å²) in [5, 5.41) is 4.10. The SMILES string of the molecule is COc1ccc2sc(OC3CCNCC3)nc2c1.Cl. The number of benzene rings is 1. The Hall–Kier alpha value is -1.04. The number of hydrogen-bond acceptors (Lipinski definition) is 5. The zero-order valence-corrected chi connectivity index (χ0v) is 12.4. The Labute approximate surface area is 122 Å². The van der Waals surface area contributed by atoms with E-state index in [2.05, 4.69) is 10.3 Å². The predicted octanol–water partition coefficient (Wildman–Crippen LogP) is 2.86. The third kappa shape index (κ3) is 3.29. The first-order valence-corrected chi connectivity index (χ1v) is 6.99. The van der Waals surface area contributed by atoms with E-state index in [0.717, 1.165) is 47.1 Å². The van der Waals surface area contributed by atoms with Crippen LogP contribution in [0.4, 0.5) is 0 Å². The highest BCUT2D eigenvalue weighted by Gasteiger charge is 2.16. The van der Waals surface area contributed by atoms with Gasteiger partial charge in [0.2, 0.25) is 0 Å². The normalized spacial score (nSPS) is 16.1. The fourth-order valence-corrected chi connectivity index (χ4v) is 2.98. The van der Waals surface area contributed by atoms with Gasteiger partial charge >= 0.3 is 0 Å². The van der Waals surface area contributed by atoms with E-state index in [4.69, 9.17) is 9.47 Å². The molecule has 0 amide bonds. The monoisotopic (exact) mass is 300 g/mol. The Kier molecular flexibility index (Phi) is 4.85. The molecule has 1 aliphatic rings. The van der Waals surface area contributed by atoms with Crippen molar-refractivity contribution in [3.05, 3.63) is 18.2 Å². The van der Waals surface area contributed by atoms with E-state index < -0.39 is 0 Å². The highest BCUT2D eigenvalue weighted by atomic mass is 35.5. The molecular formula is C13H17ClN2O2S. The van der Waals surface area contributed by atoms with E-state index in [-0.39, 0.29) is 12.4 Å². The smallest absolute Gasteiger partial charge is 0.274 e. The van der Waals surface area contributed by atoms with Crippen LogP contribution < -0.4 is 14.8 Å². The third-order valence-corrected chi connectivity index (χ3v) is 4.06. The zero-order valence-electron chi connectivity index (χ0n) is 10.7. The van der Waals surface area contributed by atoms with Gasteiger partial charge in [0.1, 0.15) is 11.9 Å². The second kappa shape index (κ2) is 6.41. The summed E-state index contributed by atoms with van der Waals surface area (Å²) in [5.74, 6) is 0.834. The Balaban J connectivity index is 0.00000133. The van der Waals surface area contributed by atoms with Crippen LogP contribution in [0.2, 0.25) is 0 Å². The summed E-state index contributed by atoms with van der Waals surface area (Å²) in [6.07, 6.45) is 2.41.